The molecule has 0 bridgehead atoms. The van der Waals surface area contributed by atoms with Crippen LogP contribution in [0.2, 0.25) is 0 Å². The minimum absolute atomic E-state index is 1.25. The van der Waals surface area contributed by atoms with Gasteiger partial charge >= 0.3 is 0 Å². The molecule has 0 aromatic rings. The normalized spacial score (nSPS) is 5.00. The summed E-state index contributed by atoms with van der Waals surface area (Å²) in [6.07, 6.45) is 2.50. The zero-order valence-electron chi connectivity index (χ0n) is 6.83. The van der Waals surface area contributed by atoms with Gasteiger partial charge in [0.25, 0.3) is 0 Å². The van der Waals surface area contributed by atoms with Gasteiger partial charge in [-0.3, -0.25) is 0 Å². The van der Waals surface area contributed by atoms with Crippen LogP contribution in [0.5, 0.6) is 0 Å². The molecular formula is C8H20. The second-order valence-corrected chi connectivity index (χ2v) is 1.41. The van der Waals surface area contributed by atoms with Gasteiger partial charge in [0.05, 0.1) is 0 Å². The van der Waals surface area contributed by atoms with Crippen LogP contribution in [0.3, 0.4) is 0 Å². The summed E-state index contributed by atoms with van der Waals surface area (Å²) in [7, 11) is 0. The van der Waals surface area contributed by atoms with Gasteiger partial charge in [-0.05, 0) is 0 Å². The number of hydrogen-bond acceptors (Lipinski definition) is 0. The lowest BCUT2D eigenvalue weighted by atomic mass is 10.6. The SMILES string of the molecule is C=C.CCC.CCC. The number of hydrogen-bond donors (Lipinski definition) is 0. The molecule has 0 atom stereocenters. The molecule has 0 N–H and O–H groups in total. The molecule has 0 aromatic heterocycles. The molecule has 0 saturated carbocycles. The third kappa shape index (κ3) is 1910. The standard InChI is InChI=1S/2C3H8.C2H4/c2*1-3-2;1-2/h2*3H2,1-2H3;1-2H2. The Hall–Kier alpha value is -0.260. The maximum atomic E-state index is 3.00. The zero-order chi connectivity index (χ0) is 7.41. The van der Waals surface area contributed by atoms with Crippen molar-refractivity contribution in [3.8, 4) is 0 Å². The Kier molecular flexibility index (Phi) is 143. The Morgan fingerprint density at radius 3 is 0.750 bits per heavy atom. The second-order valence-electron chi connectivity index (χ2n) is 1.41. The fraction of sp³-hybridized carbons (Fsp3) is 0.750. The molecule has 0 unspecified atom stereocenters. The molecule has 0 aliphatic carbocycles. The second kappa shape index (κ2) is 73.3. The summed E-state index contributed by atoms with van der Waals surface area (Å²) in [4.78, 5) is 0. The van der Waals surface area contributed by atoms with Gasteiger partial charge in [0.1, 0.15) is 0 Å². The van der Waals surface area contributed by atoms with Crippen LogP contribution < -0.4 is 0 Å². The molecule has 0 amide bonds. The largest absolute Gasteiger partial charge is 0.106 e. The van der Waals surface area contributed by atoms with Gasteiger partial charge in [-0.2, -0.15) is 0 Å². The summed E-state index contributed by atoms with van der Waals surface area (Å²) in [5.41, 5.74) is 0. The first kappa shape index (κ1) is 15.6. The Morgan fingerprint density at radius 1 is 0.750 bits per heavy atom. The summed E-state index contributed by atoms with van der Waals surface area (Å²) in [6, 6.07) is 0. The highest BCUT2D eigenvalue weighted by Gasteiger charge is 1.36. The Bertz CT molecular complexity index is 7.51. The summed E-state index contributed by atoms with van der Waals surface area (Å²) in [5.74, 6) is 0. The van der Waals surface area contributed by atoms with Gasteiger partial charge in [-0.25, -0.2) is 0 Å². The molecule has 0 aromatic carbocycles. The van der Waals surface area contributed by atoms with E-state index in [1.165, 1.54) is 12.8 Å². The summed E-state index contributed by atoms with van der Waals surface area (Å²) < 4.78 is 0. The van der Waals surface area contributed by atoms with Crippen LogP contribution in [0.1, 0.15) is 40.5 Å². The average molecular weight is 116 g/mol. The van der Waals surface area contributed by atoms with Crippen LogP contribution in [0.15, 0.2) is 13.2 Å². The first-order chi connectivity index (χ1) is 3.83. The summed E-state index contributed by atoms with van der Waals surface area (Å²) in [5, 5.41) is 0. The van der Waals surface area contributed by atoms with Crippen LogP contribution in [-0.4, -0.2) is 0 Å². The fourth-order valence-electron chi connectivity index (χ4n) is 0. The Balaban J connectivity index is -0.0000000483. The summed E-state index contributed by atoms with van der Waals surface area (Å²) in [6.45, 7) is 14.5. The van der Waals surface area contributed by atoms with Crippen molar-refractivity contribution < 1.29 is 0 Å². The Labute approximate surface area is 54.6 Å². The number of rotatable bonds is 0. The van der Waals surface area contributed by atoms with E-state index in [4.69, 9.17) is 0 Å². The van der Waals surface area contributed by atoms with Crippen molar-refractivity contribution in [3.63, 3.8) is 0 Å². The van der Waals surface area contributed by atoms with E-state index in [9.17, 15) is 0 Å². The molecule has 0 heterocycles. The maximum Gasteiger partial charge on any atom is -0.0590 e. The molecule has 0 aliphatic heterocycles. The van der Waals surface area contributed by atoms with Gasteiger partial charge in [0.15, 0.2) is 0 Å². The molecule has 8 heavy (non-hydrogen) atoms. The van der Waals surface area contributed by atoms with E-state index in [1.54, 1.807) is 0 Å². The first-order valence-electron chi connectivity index (χ1n) is 3.33. The smallest absolute Gasteiger partial charge is 0.0590 e. The van der Waals surface area contributed by atoms with Gasteiger partial charge in [-0.1, -0.05) is 40.5 Å². The molecule has 0 saturated heterocycles. The molecule has 0 rings (SSSR count). The molecule has 52 valence electrons. The van der Waals surface area contributed by atoms with Gasteiger partial charge < -0.3 is 0 Å². The maximum absolute atomic E-state index is 3.00. The first-order valence-corrected chi connectivity index (χ1v) is 3.33. The molecule has 0 heteroatoms. The molecular weight excluding hydrogens is 96.1 g/mol. The van der Waals surface area contributed by atoms with E-state index in [-0.39, 0.29) is 0 Å². The van der Waals surface area contributed by atoms with Gasteiger partial charge in [0, 0.05) is 0 Å². The lowest BCUT2D eigenvalue weighted by molar-refractivity contribution is 1.09. The van der Waals surface area contributed by atoms with Crippen LogP contribution in [0, 0.1) is 0 Å². The lowest BCUT2D eigenvalue weighted by Crippen LogP contribution is -1.27. The minimum atomic E-state index is 1.25. The quantitative estimate of drug-likeness (QED) is 0.424. The van der Waals surface area contributed by atoms with Crippen molar-refractivity contribution in [2.24, 2.45) is 0 Å². The predicted molar refractivity (Wildman–Crippen MR) is 43.2 cm³/mol. The molecule has 0 radical (unpaired) electrons. The summed E-state index contributed by atoms with van der Waals surface area (Å²) >= 11 is 0. The predicted octanol–water partition coefficient (Wildman–Crippen LogP) is 3.63. The molecule has 0 spiro atoms. The van der Waals surface area contributed by atoms with Crippen molar-refractivity contribution in [1.29, 1.82) is 0 Å². The third-order valence-corrected chi connectivity index (χ3v) is 0. The Morgan fingerprint density at radius 2 is 0.750 bits per heavy atom. The monoisotopic (exact) mass is 116 g/mol. The van der Waals surface area contributed by atoms with E-state index in [0.29, 0.717) is 0 Å². The average Bonchev–Trinajstić information content (AvgIpc) is 1.75. The minimum Gasteiger partial charge on any atom is -0.106 e. The van der Waals surface area contributed by atoms with Crippen molar-refractivity contribution in [3.05, 3.63) is 13.2 Å². The van der Waals surface area contributed by atoms with Crippen molar-refractivity contribution in [2.75, 3.05) is 0 Å². The topological polar surface area (TPSA) is 0 Å². The highest BCUT2D eigenvalue weighted by molar-refractivity contribution is 4.22. The van der Waals surface area contributed by atoms with Crippen molar-refractivity contribution in [1.82, 2.24) is 0 Å². The molecule has 0 nitrogen and oxygen atoms in total. The third-order valence-electron chi connectivity index (χ3n) is 0. The van der Waals surface area contributed by atoms with Gasteiger partial charge in [0.2, 0.25) is 0 Å². The van der Waals surface area contributed by atoms with Crippen LogP contribution in [0.4, 0.5) is 0 Å². The molecule has 0 aliphatic rings. The lowest BCUT2D eigenvalue weighted by Gasteiger charge is -1.48. The van der Waals surface area contributed by atoms with Crippen LogP contribution >= 0.6 is 0 Å². The van der Waals surface area contributed by atoms with E-state index < -0.39 is 0 Å². The van der Waals surface area contributed by atoms with Crippen molar-refractivity contribution in [2.45, 2.75) is 40.5 Å². The van der Waals surface area contributed by atoms with Crippen LogP contribution in [-0.2, 0) is 0 Å². The van der Waals surface area contributed by atoms with E-state index in [1.807, 2.05) is 0 Å². The fourth-order valence-corrected chi connectivity index (χ4v) is 0. The van der Waals surface area contributed by atoms with E-state index in [2.05, 4.69) is 40.9 Å². The van der Waals surface area contributed by atoms with Crippen LogP contribution in [0.25, 0.3) is 0 Å². The zero-order valence-corrected chi connectivity index (χ0v) is 6.83. The van der Waals surface area contributed by atoms with Crippen molar-refractivity contribution >= 4 is 0 Å². The van der Waals surface area contributed by atoms with E-state index in [0.717, 1.165) is 0 Å². The highest BCUT2D eigenvalue weighted by Crippen LogP contribution is 1.56. The molecule has 0 fully saturated rings. The van der Waals surface area contributed by atoms with Gasteiger partial charge in [-0.15, -0.1) is 13.2 Å². The highest BCUT2D eigenvalue weighted by atomic mass is 13.4. The van der Waals surface area contributed by atoms with E-state index >= 15 is 0 Å².